The molecule has 2 N–H and O–H groups in total. The molecule has 2 aromatic carbocycles. The number of nitrogens with zero attached hydrogens (tertiary/aromatic N) is 3. The molecule has 3 rings (SSSR count). The predicted octanol–water partition coefficient (Wildman–Crippen LogP) is 4.02. The van der Waals surface area contributed by atoms with E-state index in [1.54, 1.807) is 0 Å². The Hall–Kier alpha value is -1.64. The lowest BCUT2D eigenvalue weighted by atomic mass is 9.89. The van der Waals surface area contributed by atoms with Crippen LogP contribution >= 0.6 is 24.0 Å². The van der Waals surface area contributed by atoms with Crippen molar-refractivity contribution in [1.29, 1.82) is 0 Å². The van der Waals surface area contributed by atoms with Gasteiger partial charge >= 0.3 is 0 Å². The van der Waals surface area contributed by atoms with Gasteiger partial charge in [-0.15, -0.1) is 24.0 Å². The van der Waals surface area contributed by atoms with Gasteiger partial charge < -0.3 is 15.5 Å². The van der Waals surface area contributed by atoms with E-state index < -0.39 is 0 Å². The van der Waals surface area contributed by atoms with Crippen LogP contribution in [-0.4, -0.2) is 74.7 Å². The van der Waals surface area contributed by atoms with Crippen molar-refractivity contribution in [2.75, 3.05) is 58.9 Å². The van der Waals surface area contributed by atoms with Gasteiger partial charge in [-0.1, -0.05) is 67.6 Å². The van der Waals surface area contributed by atoms with E-state index in [9.17, 15) is 0 Å². The topological polar surface area (TPSA) is 42.9 Å². The van der Waals surface area contributed by atoms with Crippen molar-refractivity contribution in [3.63, 3.8) is 0 Å². The first kappa shape index (κ1) is 26.6. The van der Waals surface area contributed by atoms with Gasteiger partial charge in [-0.05, 0) is 31.0 Å². The Labute approximate surface area is 211 Å². The summed E-state index contributed by atoms with van der Waals surface area (Å²) in [6.45, 7) is 13.9. The van der Waals surface area contributed by atoms with Gasteiger partial charge in [0, 0.05) is 58.3 Å². The Kier molecular flexibility index (Phi) is 12.7. The second-order valence-electron chi connectivity index (χ2n) is 8.13. The van der Waals surface area contributed by atoms with Gasteiger partial charge in [-0.2, -0.15) is 0 Å². The third-order valence-corrected chi connectivity index (χ3v) is 6.07. The third kappa shape index (κ3) is 8.71. The summed E-state index contributed by atoms with van der Waals surface area (Å²) in [5, 5.41) is 6.93. The van der Waals surface area contributed by atoms with Crippen LogP contribution in [0.25, 0.3) is 0 Å². The molecular formula is C26H40IN5. The lowest BCUT2D eigenvalue weighted by Gasteiger charge is -2.34. The van der Waals surface area contributed by atoms with Crippen molar-refractivity contribution in [1.82, 2.24) is 20.4 Å². The van der Waals surface area contributed by atoms with Crippen LogP contribution in [0.3, 0.4) is 0 Å². The maximum Gasteiger partial charge on any atom is 0.191 e. The molecule has 5 nitrogen and oxygen atoms in total. The first-order valence-corrected chi connectivity index (χ1v) is 11.9. The molecule has 0 unspecified atom stereocenters. The third-order valence-electron chi connectivity index (χ3n) is 6.07. The summed E-state index contributed by atoms with van der Waals surface area (Å²) in [5.41, 5.74) is 2.71. The smallest absolute Gasteiger partial charge is 0.191 e. The molecule has 0 amide bonds. The number of hydrogen-bond donors (Lipinski definition) is 2. The molecule has 1 aliphatic heterocycles. The van der Waals surface area contributed by atoms with Crippen LogP contribution in [0, 0.1) is 0 Å². The molecule has 0 bridgehead atoms. The van der Waals surface area contributed by atoms with E-state index in [0.717, 1.165) is 45.1 Å². The minimum atomic E-state index is 0. The number of rotatable bonds is 10. The molecule has 1 saturated heterocycles. The summed E-state index contributed by atoms with van der Waals surface area (Å²) >= 11 is 0. The summed E-state index contributed by atoms with van der Waals surface area (Å²) in [5.74, 6) is 1.29. The number of likely N-dealkylation sites (N-methyl/N-ethyl adjacent to an activating group) is 1. The van der Waals surface area contributed by atoms with Crippen LogP contribution in [-0.2, 0) is 0 Å². The molecule has 1 fully saturated rings. The molecule has 0 spiro atoms. The zero-order valence-electron chi connectivity index (χ0n) is 19.7. The van der Waals surface area contributed by atoms with Gasteiger partial charge in [0.25, 0.3) is 0 Å². The van der Waals surface area contributed by atoms with Crippen molar-refractivity contribution >= 4 is 29.9 Å². The number of hydrogen-bond acceptors (Lipinski definition) is 3. The van der Waals surface area contributed by atoms with Gasteiger partial charge in [0.15, 0.2) is 5.96 Å². The van der Waals surface area contributed by atoms with Gasteiger partial charge in [0.2, 0.25) is 0 Å². The molecule has 1 aliphatic rings. The summed E-state index contributed by atoms with van der Waals surface area (Å²) in [6, 6.07) is 21.6. The number of aliphatic imine (C=N–C) groups is 1. The minimum Gasteiger partial charge on any atom is -0.357 e. The molecule has 0 radical (unpaired) electrons. The van der Waals surface area contributed by atoms with E-state index in [-0.39, 0.29) is 24.0 Å². The van der Waals surface area contributed by atoms with Gasteiger partial charge in [-0.3, -0.25) is 9.89 Å². The largest absolute Gasteiger partial charge is 0.357 e. The van der Waals surface area contributed by atoms with E-state index in [2.05, 4.69) is 94.9 Å². The first-order chi connectivity index (χ1) is 15.3. The molecule has 1 heterocycles. The van der Waals surface area contributed by atoms with Crippen LogP contribution in [0.2, 0.25) is 0 Å². The van der Waals surface area contributed by atoms with Crippen molar-refractivity contribution in [2.24, 2.45) is 4.99 Å². The number of piperazine rings is 1. The second-order valence-corrected chi connectivity index (χ2v) is 8.13. The molecule has 176 valence electrons. The molecular weight excluding hydrogens is 509 g/mol. The lowest BCUT2D eigenvalue weighted by molar-refractivity contribution is 0.139. The highest BCUT2D eigenvalue weighted by atomic mass is 127. The highest BCUT2D eigenvalue weighted by Gasteiger charge is 2.15. The Balaban J connectivity index is 0.00000363. The Morgan fingerprint density at radius 3 is 1.94 bits per heavy atom. The zero-order chi connectivity index (χ0) is 21.7. The predicted molar refractivity (Wildman–Crippen MR) is 147 cm³/mol. The molecule has 2 aromatic rings. The summed E-state index contributed by atoms with van der Waals surface area (Å²) < 4.78 is 0. The van der Waals surface area contributed by atoms with Crippen LogP contribution in [0.4, 0.5) is 0 Å². The van der Waals surface area contributed by atoms with E-state index in [1.807, 2.05) is 0 Å². The molecule has 0 aromatic heterocycles. The van der Waals surface area contributed by atoms with E-state index in [1.165, 1.54) is 37.3 Å². The summed E-state index contributed by atoms with van der Waals surface area (Å²) in [7, 11) is 0. The minimum absolute atomic E-state index is 0. The first-order valence-electron chi connectivity index (χ1n) is 11.9. The average molecular weight is 550 g/mol. The maximum atomic E-state index is 4.88. The van der Waals surface area contributed by atoms with Gasteiger partial charge in [0.1, 0.15) is 0 Å². The number of guanidine groups is 1. The highest BCUT2D eigenvalue weighted by molar-refractivity contribution is 14.0. The van der Waals surface area contributed by atoms with Crippen molar-refractivity contribution < 1.29 is 0 Å². The van der Waals surface area contributed by atoms with Crippen molar-refractivity contribution in [2.45, 2.75) is 26.2 Å². The zero-order valence-corrected chi connectivity index (χ0v) is 22.0. The quantitative estimate of drug-likeness (QED) is 0.267. The van der Waals surface area contributed by atoms with Crippen LogP contribution in [0.15, 0.2) is 65.7 Å². The molecule has 0 aliphatic carbocycles. The Morgan fingerprint density at radius 2 is 1.41 bits per heavy atom. The lowest BCUT2D eigenvalue weighted by Crippen LogP contribution is -2.49. The van der Waals surface area contributed by atoms with Crippen LogP contribution in [0.5, 0.6) is 0 Å². The fourth-order valence-electron chi connectivity index (χ4n) is 4.21. The fraction of sp³-hybridized carbons (Fsp3) is 0.500. The van der Waals surface area contributed by atoms with Crippen molar-refractivity contribution in [3.05, 3.63) is 71.8 Å². The summed E-state index contributed by atoms with van der Waals surface area (Å²) in [6.07, 6.45) is 0.990. The van der Waals surface area contributed by atoms with Crippen LogP contribution in [0.1, 0.15) is 37.3 Å². The molecule has 0 atom stereocenters. The van der Waals surface area contributed by atoms with E-state index in [0.29, 0.717) is 5.92 Å². The molecule has 0 saturated carbocycles. The average Bonchev–Trinajstić information content (AvgIpc) is 2.83. The molecule has 6 heteroatoms. The summed E-state index contributed by atoms with van der Waals surface area (Å²) in [4.78, 5) is 9.94. The SMILES string of the molecule is CCNC(=NCCC(c1ccccc1)c1ccccc1)NCCN1CCN(CC)CC1.I. The number of halogens is 1. The number of benzene rings is 2. The second kappa shape index (κ2) is 15.2. The van der Waals surface area contributed by atoms with Crippen LogP contribution < -0.4 is 10.6 Å². The van der Waals surface area contributed by atoms with E-state index in [4.69, 9.17) is 4.99 Å². The number of nitrogens with one attached hydrogen (secondary N) is 2. The monoisotopic (exact) mass is 549 g/mol. The Morgan fingerprint density at radius 1 is 0.844 bits per heavy atom. The van der Waals surface area contributed by atoms with Gasteiger partial charge in [0.05, 0.1) is 0 Å². The van der Waals surface area contributed by atoms with Crippen molar-refractivity contribution in [3.8, 4) is 0 Å². The highest BCUT2D eigenvalue weighted by Crippen LogP contribution is 2.27. The van der Waals surface area contributed by atoms with E-state index >= 15 is 0 Å². The van der Waals surface area contributed by atoms with Gasteiger partial charge in [-0.25, -0.2) is 0 Å². The Bertz CT molecular complexity index is 721. The standard InChI is InChI=1S/C26H39N5.HI/c1-3-27-26(29-17-18-31-21-19-30(4-2)20-22-31)28-16-15-25(23-11-7-5-8-12-23)24-13-9-6-10-14-24;/h5-14,25H,3-4,15-22H2,1-2H3,(H2,27,28,29);1H. The normalized spacial score (nSPS) is 15.4. The molecule has 32 heavy (non-hydrogen) atoms. The maximum absolute atomic E-state index is 4.88. The fourth-order valence-corrected chi connectivity index (χ4v) is 4.21.